The molecule has 3 unspecified atom stereocenters. The van der Waals surface area contributed by atoms with Crippen molar-refractivity contribution in [2.75, 3.05) is 4.90 Å². The molecule has 5 aliphatic rings. The van der Waals surface area contributed by atoms with E-state index in [1.807, 2.05) is 0 Å². The topological polar surface area (TPSA) is 3.24 Å². The van der Waals surface area contributed by atoms with Crippen LogP contribution in [0, 0.1) is 25.7 Å². The zero-order valence-electron chi connectivity index (χ0n) is 41.2. The van der Waals surface area contributed by atoms with E-state index in [0.717, 1.165) is 34.8 Å². The molecule has 0 N–H and O–H groups in total. The van der Waals surface area contributed by atoms with Gasteiger partial charge in [-0.05, 0) is 195 Å². The van der Waals surface area contributed by atoms with E-state index in [4.69, 9.17) is 0 Å². The minimum Gasteiger partial charge on any atom is -0.310 e. The maximum absolute atomic E-state index is 2.53. The third kappa shape index (κ3) is 6.94. The summed E-state index contributed by atoms with van der Waals surface area (Å²) in [5.41, 5.74) is 27.0. The fourth-order valence-corrected chi connectivity index (χ4v) is 14.5. The summed E-state index contributed by atoms with van der Waals surface area (Å²) in [6.07, 6.45) is 12.4. The fraction of sp³-hybridized carbons (Fsp3) is 0.229. The first-order chi connectivity index (χ1) is 35.0. The third-order valence-electron chi connectivity index (χ3n) is 17.9. The number of nitrogens with zero attached hydrogens (tertiary/aromatic N) is 1. The van der Waals surface area contributed by atoms with E-state index in [0.29, 0.717) is 5.92 Å². The molecule has 0 aromatic heterocycles. The highest BCUT2D eigenvalue weighted by molar-refractivity contribution is 5.97. The van der Waals surface area contributed by atoms with Crippen LogP contribution in [0.25, 0.3) is 55.6 Å². The summed E-state index contributed by atoms with van der Waals surface area (Å²) in [6.45, 7) is 4.49. The van der Waals surface area contributed by atoms with E-state index in [1.165, 1.54) is 158 Å². The smallest absolute Gasteiger partial charge is 0.0726 e. The molecule has 1 heteroatoms. The van der Waals surface area contributed by atoms with Crippen molar-refractivity contribution in [1.82, 2.24) is 0 Å². The Kier molecular flexibility index (Phi) is 10.2. The molecule has 3 saturated carbocycles. The predicted molar refractivity (Wildman–Crippen MR) is 297 cm³/mol. The maximum Gasteiger partial charge on any atom is 0.0726 e. The minimum absolute atomic E-state index is 0.438. The van der Waals surface area contributed by atoms with Crippen molar-refractivity contribution in [3.63, 3.8) is 0 Å². The van der Waals surface area contributed by atoms with Crippen LogP contribution in [-0.2, 0) is 5.41 Å². The van der Waals surface area contributed by atoms with E-state index in [9.17, 15) is 0 Å². The number of hydrogen-bond donors (Lipinski definition) is 0. The number of fused-ring (bicyclic) bond motifs is 12. The molecular weight excluding hydrogens is 855 g/mol. The van der Waals surface area contributed by atoms with Gasteiger partial charge in [-0.15, -0.1) is 0 Å². The summed E-state index contributed by atoms with van der Waals surface area (Å²) >= 11 is 0. The zero-order chi connectivity index (χ0) is 47.2. The molecule has 1 spiro atoms. The molecule has 9 aromatic carbocycles. The van der Waals surface area contributed by atoms with Gasteiger partial charge in [0.25, 0.3) is 0 Å². The van der Waals surface area contributed by atoms with E-state index >= 15 is 0 Å². The lowest BCUT2D eigenvalue weighted by Crippen LogP contribution is -2.26. The van der Waals surface area contributed by atoms with Gasteiger partial charge in [-0.1, -0.05) is 201 Å². The monoisotopic (exact) mass is 915 g/mol. The summed E-state index contributed by atoms with van der Waals surface area (Å²) < 4.78 is 0. The number of hydrogen-bond acceptors (Lipinski definition) is 1. The first kappa shape index (κ1) is 42.6. The molecule has 0 amide bonds. The number of benzene rings is 9. The Hall–Kier alpha value is -7.22. The van der Waals surface area contributed by atoms with E-state index in [-0.39, 0.29) is 0 Å². The van der Waals surface area contributed by atoms with Crippen molar-refractivity contribution in [3.8, 4) is 55.6 Å². The minimum atomic E-state index is -0.438. The fourth-order valence-electron chi connectivity index (χ4n) is 14.5. The van der Waals surface area contributed by atoms with Gasteiger partial charge < -0.3 is 4.90 Å². The summed E-state index contributed by atoms with van der Waals surface area (Å²) in [7, 11) is 0. The summed E-state index contributed by atoms with van der Waals surface area (Å²) in [6, 6.07) is 77.4. The Labute approximate surface area is 420 Å². The van der Waals surface area contributed by atoms with Crippen LogP contribution in [0.3, 0.4) is 0 Å². The Morgan fingerprint density at radius 3 is 1.42 bits per heavy atom. The van der Waals surface area contributed by atoms with E-state index in [2.05, 4.69) is 219 Å². The van der Waals surface area contributed by atoms with Crippen LogP contribution in [0.5, 0.6) is 0 Å². The van der Waals surface area contributed by atoms with Crippen LogP contribution in [0.4, 0.5) is 17.1 Å². The van der Waals surface area contributed by atoms with Crippen LogP contribution in [-0.4, -0.2) is 0 Å². The summed E-state index contributed by atoms with van der Waals surface area (Å²) in [5.74, 6) is 3.28. The van der Waals surface area contributed by atoms with Crippen molar-refractivity contribution in [2.45, 2.75) is 88.9 Å². The van der Waals surface area contributed by atoms with Gasteiger partial charge in [-0.25, -0.2) is 0 Å². The van der Waals surface area contributed by atoms with Crippen LogP contribution >= 0.6 is 0 Å². The standard InChI is InChI=1S/C70H61N/c1-45-16-37-62-63-38-17-46(2)41-68(63)70(67(62)40-45)66-15-9-8-14-61(66)64-39-36-58(44-69(64)70)71(56-32-28-51(29-33-56)50-22-26-54(27-23-50)65-43-47-18-19-55(65)42-47)57-34-30-53(31-35-57)60-13-7-6-12-59(60)52-24-20-49(21-25-52)48-10-4-3-5-11-48/h6-9,12-17,20-41,44,47-48,55,65H,3-5,10-11,18-19,42-43H2,1-2H3. The largest absolute Gasteiger partial charge is 0.310 e. The van der Waals surface area contributed by atoms with Gasteiger partial charge in [-0.3, -0.25) is 0 Å². The Morgan fingerprint density at radius 1 is 0.366 bits per heavy atom. The van der Waals surface area contributed by atoms with Crippen LogP contribution < -0.4 is 4.90 Å². The molecule has 2 bridgehead atoms. The van der Waals surface area contributed by atoms with Gasteiger partial charge in [0, 0.05) is 17.1 Å². The summed E-state index contributed by atoms with van der Waals surface area (Å²) in [4.78, 5) is 2.49. The molecule has 14 rings (SSSR count). The molecule has 71 heavy (non-hydrogen) atoms. The van der Waals surface area contributed by atoms with Crippen molar-refractivity contribution < 1.29 is 0 Å². The maximum atomic E-state index is 2.53. The molecule has 0 heterocycles. The van der Waals surface area contributed by atoms with E-state index < -0.39 is 5.41 Å². The number of anilines is 3. The normalized spacial score (nSPS) is 19.1. The second-order valence-electron chi connectivity index (χ2n) is 22.0. The zero-order valence-corrected chi connectivity index (χ0v) is 41.2. The van der Waals surface area contributed by atoms with Gasteiger partial charge in [0.1, 0.15) is 0 Å². The number of rotatable bonds is 8. The highest BCUT2D eigenvalue weighted by Crippen LogP contribution is 2.64. The quantitative estimate of drug-likeness (QED) is 0.147. The lowest BCUT2D eigenvalue weighted by Gasteiger charge is -2.32. The Bertz CT molecular complexity index is 3430. The second-order valence-corrected chi connectivity index (χ2v) is 22.0. The molecule has 3 atom stereocenters. The molecular formula is C70H61N. The number of aryl methyl sites for hydroxylation is 2. The van der Waals surface area contributed by atoms with Crippen molar-refractivity contribution in [1.29, 1.82) is 0 Å². The average molecular weight is 916 g/mol. The lowest BCUT2D eigenvalue weighted by molar-refractivity contribution is 0.420. The average Bonchev–Trinajstić information content (AvgIpc) is 4.21. The first-order valence-corrected chi connectivity index (χ1v) is 26.8. The van der Waals surface area contributed by atoms with Gasteiger partial charge >= 0.3 is 0 Å². The third-order valence-corrected chi connectivity index (χ3v) is 17.9. The van der Waals surface area contributed by atoms with Crippen molar-refractivity contribution in [3.05, 3.63) is 245 Å². The molecule has 1 nitrogen and oxygen atoms in total. The Morgan fingerprint density at radius 2 is 0.845 bits per heavy atom. The van der Waals surface area contributed by atoms with E-state index in [1.54, 1.807) is 0 Å². The molecule has 5 aliphatic carbocycles. The molecule has 0 saturated heterocycles. The van der Waals surface area contributed by atoms with Gasteiger partial charge in [0.05, 0.1) is 5.41 Å². The first-order valence-electron chi connectivity index (χ1n) is 26.8. The van der Waals surface area contributed by atoms with Gasteiger partial charge in [0.2, 0.25) is 0 Å². The SMILES string of the molecule is Cc1ccc2c(c1)C1(c3ccccc3-c3ccc(N(c4ccc(-c5ccc(C6CC7CCC6C7)cc5)cc4)c4ccc(-c5ccccc5-c5ccc(C6CCCCC6)cc5)cc4)cc31)c1cc(C)ccc1-2. The Balaban J connectivity index is 0.880. The lowest BCUT2D eigenvalue weighted by atomic mass is 9.70. The van der Waals surface area contributed by atoms with Crippen molar-refractivity contribution >= 4 is 17.1 Å². The van der Waals surface area contributed by atoms with Crippen LogP contribution in [0.1, 0.15) is 114 Å². The highest BCUT2D eigenvalue weighted by Gasteiger charge is 2.52. The predicted octanol–water partition coefficient (Wildman–Crippen LogP) is 19.1. The van der Waals surface area contributed by atoms with Gasteiger partial charge in [-0.2, -0.15) is 0 Å². The second kappa shape index (κ2) is 17.0. The molecule has 346 valence electrons. The van der Waals surface area contributed by atoms with Crippen LogP contribution in [0.15, 0.2) is 200 Å². The van der Waals surface area contributed by atoms with Gasteiger partial charge in [0.15, 0.2) is 0 Å². The molecule has 0 aliphatic heterocycles. The van der Waals surface area contributed by atoms with Crippen molar-refractivity contribution in [2.24, 2.45) is 11.8 Å². The molecule has 3 fully saturated rings. The van der Waals surface area contributed by atoms with Crippen LogP contribution in [0.2, 0.25) is 0 Å². The summed E-state index contributed by atoms with van der Waals surface area (Å²) in [5, 5.41) is 0. The highest BCUT2D eigenvalue weighted by atomic mass is 15.1. The molecule has 9 aromatic rings. The molecule has 0 radical (unpaired) electrons.